The van der Waals surface area contributed by atoms with Crippen molar-refractivity contribution >= 4 is 17.8 Å². The molecule has 2 N–H and O–H groups in total. The van der Waals surface area contributed by atoms with Crippen LogP contribution in [0.25, 0.3) is 0 Å². The largest absolute Gasteiger partial charge is 0.497 e. The number of anilines is 1. The molecule has 0 aliphatic carbocycles. The van der Waals surface area contributed by atoms with Gasteiger partial charge in [0.25, 0.3) is 5.91 Å². The van der Waals surface area contributed by atoms with Crippen molar-refractivity contribution in [2.45, 2.75) is 26.3 Å². The van der Waals surface area contributed by atoms with Crippen LogP contribution in [0, 0.1) is 6.92 Å². The Balaban J connectivity index is 1.99. The number of aryl methyl sites for hydroxylation is 1. The number of carbonyl (C=O) groups excluding carboxylic acids is 1. The number of hydrazone groups is 1. The molecule has 1 atom stereocenters. The molecule has 138 valence electrons. The van der Waals surface area contributed by atoms with Gasteiger partial charge < -0.3 is 14.8 Å². The summed E-state index contributed by atoms with van der Waals surface area (Å²) < 4.78 is 10.5. The first-order valence-electron chi connectivity index (χ1n) is 8.45. The Bertz CT molecular complexity index is 757. The average molecular weight is 355 g/mol. The lowest BCUT2D eigenvalue weighted by Crippen LogP contribution is -2.36. The summed E-state index contributed by atoms with van der Waals surface area (Å²) in [6.45, 7) is 3.97. The minimum atomic E-state index is -0.368. The molecular formula is C20H25N3O3. The number of hydrogen-bond acceptors (Lipinski definition) is 5. The van der Waals surface area contributed by atoms with Crippen molar-refractivity contribution in [3.63, 3.8) is 0 Å². The number of methoxy groups -OCH3 is 2. The van der Waals surface area contributed by atoms with Gasteiger partial charge in [-0.2, -0.15) is 5.10 Å². The molecule has 0 radical (unpaired) electrons. The smallest absolute Gasteiger partial charge is 0.262 e. The Labute approximate surface area is 154 Å². The molecule has 0 bridgehead atoms. The highest BCUT2D eigenvalue weighted by Gasteiger charge is 2.15. The van der Waals surface area contributed by atoms with Crippen molar-refractivity contribution in [2.75, 3.05) is 19.5 Å². The fourth-order valence-corrected chi connectivity index (χ4v) is 2.37. The van der Waals surface area contributed by atoms with Gasteiger partial charge in [0, 0.05) is 17.3 Å². The summed E-state index contributed by atoms with van der Waals surface area (Å²) in [5.74, 6) is 1.11. The van der Waals surface area contributed by atoms with E-state index in [2.05, 4.69) is 15.8 Å². The Morgan fingerprint density at radius 1 is 1.15 bits per heavy atom. The van der Waals surface area contributed by atoms with Crippen LogP contribution in [0.2, 0.25) is 0 Å². The molecule has 0 heterocycles. The molecule has 0 saturated carbocycles. The molecule has 0 aliphatic heterocycles. The maximum atomic E-state index is 12.4. The molecule has 0 aromatic heterocycles. The van der Waals surface area contributed by atoms with Gasteiger partial charge in [-0.15, -0.1) is 0 Å². The molecule has 0 spiro atoms. The second-order valence-electron chi connectivity index (χ2n) is 5.81. The van der Waals surface area contributed by atoms with Crippen molar-refractivity contribution in [1.82, 2.24) is 5.43 Å². The Hall–Kier alpha value is -3.02. The van der Waals surface area contributed by atoms with Crippen LogP contribution in [0.4, 0.5) is 5.69 Å². The monoisotopic (exact) mass is 355 g/mol. The van der Waals surface area contributed by atoms with Crippen LogP contribution in [0.3, 0.4) is 0 Å². The number of ether oxygens (including phenoxy) is 2. The highest BCUT2D eigenvalue weighted by molar-refractivity contribution is 5.88. The Morgan fingerprint density at radius 3 is 2.50 bits per heavy atom. The number of amides is 1. The zero-order chi connectivity index (χ0) is 18.9. The third-order valence-corrected chi connectivity index (χ3v) is 3.94. The number of hydrogen-bond donors (Lipinski definition) is 2. The minimum absolute atomic E-state index is 0.197. The molecule has 26 heavy (non-hydrogen) atoms. The molecule has 0 saturated heterocycles. The summed E-state index contributed by atoms with van der Waals surface area (Å²) in [5, 5.41) is 7.26. The standard InChI is InChI=1S/C20H25N3O3/c1-5-18(22-16-9-6-14(2)7-10-16)20(24)23-21-13-15-8-11-17(25-3)12-19(15)26-4/h6-13,18,22H,5H2,1-4H3,(H,23,24)/b21-13-/t18-/m0/s1. The maximum absolute atomic E-state index is 12.4. The normalized spacial score (nSPS) is 11.8. The van der Waals surface area contributed by atoms with Crippen molar-refractivity contribution in [1.29, 1.82) is 0 Å². The summed E-state index contributed by atoms with van der Waals surface area (Å²) >= 11 is 0. The second kappa shape index (κ2) is 9.46. The summed E-state index contributed by atoms with van der Waals surface area (Å²) in [5.41, 5.74) is 5.39. The van der Waals surface area contributed by atoms with Gasteiger partial charge in [0.2, 0.25) is 0 Å². The molecule has 0 aliphatic rings. The first kappa shape index (κ1) is 19.3. The third-order valence-electron chi connectivity index (χ3n) is 3.94. The van der Waals surface area contributed by atoms with Gasteiger partial charge in [-0.05, 0) is 37.6 Å². The van der Waals surface area contributed by atoms with Gasteiger partial charge in [0.15, 0.2) is 0 Å². The van der Waals surface area contributed by atoms with Crippen LogP contribution >= 0.6 is 0 Å². The van der Waals surface area contributed by atoms with Gasteiger partial charge in [-0.3, -0.25) is 4.79 Å². The molecule has 6 nitrogen and oxygen atoms in total. The van der Waals surface area contributed by atoms with Gasteiger partial charge in [0.05, 0.1) is 20.4 Å². The fourth-order valence-electron chi connectivity index (χ4n) is 2.37. The van der Waals surface area contributed by atoms with Crippen molar-refractivity contribution < 1.29 is 14.3 Å². The number of benzene rings is 2. The van der Waals surface area contributed by atoms with E-state index < -0.39 is 0 Å². The van der Waals surface area contributed by atoms with Crippen LogP contribution in [-0.2, 0) is 4.79 Å². The van der Waals surface area contributed by atoms with E-state index in [0.29, 0.717) is 17.9 Å². The van der Waals surface area contributed by atoms with Crippen LogP contribution in [0.15, 0.2) is 47.6 Å². The first-order valence-corrected chi connectivity index (χ1v) is 8.45. The van der Waals surface area contributed by atoms with E-state index in [1.165, 1.54) is 5.56 Å². The predicted molar refractivity (Wildman–Crippen MR) is 104 cm³/mol. The van der Waals surface area contributed by atoms with Crippen LogP contribution < -0.4 is 20.2 Å². The van der Waals surface area contributed by atoms with Gasteiger partial charge >= 0.3 is 0 Å². The number of nitrogens with one attached hydrogen (secondary N) is 2. The van der Waals surface area contributed by atoms with E-state index in [0.717, 1.165) is 11.3 Å². The lowest BCUT2D eigenvalue weighted by molar-refractivity contribution is -0.121. The van der Waals surface area contributed by atoms with Gasteiger partial charge in [-0.25, -0.2) is 5.43 Å². The number of rotatable bonds is 8. The molecule has 2 aromatic rings. The van der Waals surface area contributed by atoms with Crippen LogP contribution in [0.5, 0.6) is 11.5 Å². The topological polar surface area (TPSA) is 72.0 Å². The zero-order valence-corrected chi connectivity index (χ0v) is 15.6. The Morgan fingerprint density at radius 2 is 1.88 bits per heavy atom. The van der Waals surface area contributed by atoms with E-state index in [4.69, 9.17) is 9.47 Å². The first-order chi connectivity index (χ1) is 12.6. The fraction of sp³-hybridized carbons (Fsp3) is 0.300. The molecule has 2 rings (SSSR count). The Kier molecular flexibility index (Phi) is 7.02. The maximum Gasteiger partial charge on any atom is 0.262 e. The lowest BCUT2D eigenvalue weighted by Gasteiger charge is -2.16. The van der Waals surface area contributed by atoms with E-state index in [-0.39, 0.29) is 11.9 Å². The molecule has 6 heteroatoms. The minimum Gasteiger partial charge on any atom is -0.497 e. The highest BCUT2D eigenvalue weighted by Crippen LogP contribution is 2.23. The third kappa shape index (κ3) is 5.24. The van der Waals surface area contributed by atoms with Crippen LogP contribution in [0.1, 0.15) is 24.5 Å². The molecule has 0 fully saturated rings. The average Bonchev–Trinajstić information content (AvgIpc) is 2.67. The van der Waals surface area contributed by atoms with E-state index in [1.807, 2.05) is 44.2 Å². The molecule has 2 aromatic carbocycles. The van der Waals surface area contributed by atoms with Crippen molar-refractivity contribution in [2.24, 2.45) is 5.10 Å². The summed E-state index contributed by atoms with van der Waals surface area (Å²) in [6, 6.07) is 12.9. The summed E-state index contributed by atoms with van der Waals surface area (Å²) in [7, 11) is 3.16. The van der Waals surface area contributed by atoms with Crippen molar-refractivity contribution in [3.05, 3.63) is 53.6 Å². The van der Waals surface area contributed by atoms with Crippen LogP contribution in [-0.4, -0.2) is 32.4 Å². The number of nitrogens with zero attached hydrogens (tertiary/aromatic N) is 1. The van der Waals surface area contributed by atoms with Gasteiger partial charge in [0.1, 0.15) is 17.5 Å². The van der Waals surface area contributed by atoms with E-state index >= 15 is 0 Å². The molecule has 1 amide bonds. The van der Waals surface area contributed by atoms with E-state index in [9.17, 15) is 4.79 Å². The molecule has 0 unspecified atom stereocenters. The van der Waals surface area contributed by atoms with Crippen molar-refractivity contribution in [3.8, 4) is 11.5 Å². The zero-order valence-electron chi connectivity index (χ0n) is 15.6. The van der Waals surface area contributed by atoms with E-state index in [1.54, 1.807) is 32.6 Å². The quantitative estimate of drug-likeness (QED) is 0.563. The lowest BCUT2D eigenvalue weighted by atomic mass is 10.1. The molecular weight excluding hydrogens is 330 g/mol. The predicted octanol–water partition coefficient (Wildman–Crippen LogP) is 3.35. The number of carbonyl (C=O) groups is 1. The SMILES string of the molecule is CC[C@H](Nc1ccc(C)cc1)C(=O)N/N=C\c1ccc(OC)cc1OC. The highest BCUT2D eigenvalue weighted by atomic mass is 16.5. The summed E-state index contributed by atoms with van der Waals surface area (Å²) in [4.78, 5) is 12.4. The summed E-state index contributed by atoms with van der Waals surface area (Å²) in [6.07, 6.45) is 2.19. The van der Waals surface area contributed by atoms with Gasteiger partial charge in [-0.1, -0.05) is 24.6 Å². The second-order valence-corrected chi connectivity index (χ2v) is 5.81.